The third-order valence-electron chi connectivity index (χ3n) is 3.75. The molecule has 2 N–H and O–H groups in total. The number of aliphatic hydroxyl groups excluding tert-OH is 1. The van der Waals surface area contributed by atoms with E-state index in [1.807, 2.05) is 0 Å². The van der Waals surface area contributed by atoms with Crippen LogP contribution in [0.3, 0.4) is 0 Å². The summed E-state index contributed by atoms with van der Waals surface area (Å²) in [6.07, 6.45) is 0. The number of carbonyl (C=O) groups excluding carboxylic acids is 1. The van der Waals surface area contributed by atoms with Gasteiger partial charge >= 0.3 is 0 Å². The Labute approximate surface area is 147 Å². The Morgan fingerprint density at radius 2 is 1.92 bits per heavy atom. The number of hydrogen-bond donors (Lipinski definition) is 2. The van der Waals surface area contributed by atoms with Gasteiger partial charge in [-0.2, -0.15) is 0 Å². The van der Waals surface area contributed by atoms with Crippen LogP contribution < -0.4 is 10.7 Å². The molecule has 1 aromatic carbocycles. The standard InChI is InChI=1S/C16H14N2O5S2/c1-9-8-24-14-13(20)12(18(2)25(22,23)15(9)14)16(21)17-10-6-4-3-5-7-11(10)19/h3-8,20H,1-2H3,(H,17,19,21). The van der Waals surface area contributed by atoms with Gasteiger partial charge in [-0.1, -0.05) is 18.2 Å². The Bertz CT molecular complexity index is 1070. The van der Waals surface area contributed by atoms with E-state index in [0.29, 0.717) is 5.56 Å². The summed E-state index contributed by atoms with van der Waals surface area (Å²) in [5.41, 5.74) is -0.392. The predicted octanol–water partition coefficient (Wildman–Crippen LogP) is 1.92. The summed E-state index contributed by atoms with van der Waals surface area (Å²) >= 11 is 1.04. The number of likely N-dealkylation sites (N-methyl/N-ethyl adjacent to an activating group) is 1. The second-order valence-electron chi connectivity index (χ2n) is 5.39. The van der Waals surface area contributed by atoms with Crippen molar-refractivity contribution in [3.05, 3.63) is 62.1 Å². The molecule has 130 valence electrons. The lowest BCUT2D eigenvalue weighted by Crippen LogP contribution is -2.37. The number of aliphatic hydroxyl groups is 1. The van der Waals surface area contributed by atoms with Gasteiger partial charge in [0.15, 0.2) is 11.5 Å². The van der Waals surface area contributed by atoms with Crippen LogP contribution in [0.25, 0.3) is 5.76 Å². The zero-order chi connectivity index (χ0) is 18.4. The van der Waals surface area contributed by atoms with Gasteiger partial charge in [-0.15, -0.1) is 11.3 Å². The summed E-state index contributed by atoms with van der Waals surface area (Å²) in [5, 5.41) is 14.4. The van der Waals surface area contributed by atoms with E-state index in [1.54, 1.807) is 24.4 Å². The maximum Gasteiger partial charge on any atom is 0.276 e. The van der Waals surface area contributed by atoms with Gasteiger partial charge in [0.2, 0.25) is 5.43 Å². The molecule has 0 unspecified atom stereocenters. The average molecular weight is 378 g/mol. The molecule has 0 saturated heterocycles. The summed E-state index contributed by atoms with van der Waals surface area (Å²) in [5.74, 6) is -1.32. The molecule has 2 heterocycles. The van der Waals surface area contributed by atoms with Crippen molar-refractivity contribution in [3.8, 4) is 0 Å². The summed E-state index contributed by atoms with van der Waals surface area (Å²) in [7, 11) is -2.78. The van der Waals surface area contributed by atoms with Crippen LogP contribution in [0.15, 0.2) is 51.1 Å². The summed E-state index contributed by atoms with van der Waals surface area (Å²) in [6.45, 7) is 1.62. The van der Waals surface area contributed by atoms with Gasteiger partial charge in [0, 0.05) is 7.05 Å². The van der Waals surface area contributed by atoms with Gasteiger partial charge in [0.25, 0.3) is 15.9 Å². The molecule has 7 nitrogen and oxygen atoms in total. The van der Waals surface area contributed by atoms with Crippen molar-refractivity contribution in [3.63, 3.8) is 0 Å². The number of fused-ring (bicyclic) bond motifs is 1. The van der Waals surface area contributed by atoms with Gasteiger partial charge in [0.05, 0.1) is 10.6 Å². The number of amides is 1. The number of thiophene rings is 1. The number of nitrogens with one attached hydrogen (secondary N) is 1. The lowest BCUT2D eigenvalue weighted by atomic mass is 10.2. The first kappa shape index (κ1) is 17.2. The Hall–Kier alpha value is -2.65. The van der Waals surface area contributed by atoms with Gasteiger partial charge in [-0.05, 0) is 30.0 Å². The molecule has 25 heavy (non-hydrogen) atoms. The Morgan fingerprint density at radius 1 is 1.24 bits per heavy atom. The number of carbonyl (C=O) groups is 1. The van der Waals surface area contributed by atoms with Crippen molar-refractivity contribution in [2.45, 2.75) is 11.8 Å². The molecule has 9 heteroatoms. The number of hydrogen-bond acceptors (Lipinski definition) is 6. The lowest BCUT2D eigenvalue weighted by molar-refractivity contribution is -0.113. The van der Waals surface area contributed by atoms with Gasteiger partial charge in [-0.25, -0.2) is 8.42 Å². The van der Waals surface area contributed by atoms with E-state index in [0.717, 1.165) is 15.6 Å². The van der Waals surface area contributed by atoms with E-state index in [2.05, 4.69) is 5.32 Å². The molecule has 0 spiro atoms. The smallest absolute Gasteiger partial charge is 0.276 e. The van der Waals surface area contributed by atoms with E-state index < -0.39 is 32.8 Å². The summed E-state index contributed by atoms with van der Waals surface area (Å²) < 4.78 is 26.1. The van der Waals surface area contributed by atoms with Gasteiger partial charge in [0.1, 0.15) is 4.90 Å². The molecule has 0 atom stereocenters. The van der Waals surface area contributed by atoms with Crippen molar-refractivity contribution in [2.75, 3.05) is 12.4 Å². The molecule has 1 aliphatic rings. The van der Waals surface area contributed by atoms with Crippen molar-refractivity contribution in [2.24, 2.45) is 0 Å². The van der Waals surface area contributed by atoms with Crippen LogP contribution in [0, 0.1) is 6.92 Å². The molecular weight excluding hydrogens is 364 g/mol. The van der Waals surface area contributed by atoms with E-state index in [-0.39, 0.29) is 15.5 Å². The number of anilines is 1. The van der Waals surface area contributed by atoms with Gasteiger partial charge in [-0.3, -0.25) is 13.9 Å². The number of aryl methyl sites for hydroxylation is 1. The largest absolute Gasteiger partial charge is 0.504 e. The SMILES string of the molecule is Cc1csc2c1S(=O)(=O)N(C)C(C(=O)Nc1cccccc1=O)=C2O. The van der Waals surface area contributed by atoms with E-state index in [4.69, 9.17) is 0 Å². The Kier molecular flexibility index (Phi) is 4.13. The molecule has 0 bridgehead atoms. The maximum absolute atomic E-state index is 12.7. The van der Waals surface area contributed by atoms with Crippen molar-refractivity contribution in [1.29, 1.82) is 0 Å². The maximum atomic E-state index is 12.7. The quantitative estimate of drug-likeness (QED) is 0.831. The monoisotopic (exact) mass is 378 g/mol. The first-order chi connectivity index (χ1) is 11.7. The first-order valence-electron chi connectivity index (χ1n) is 7.16. The number of rotatable bonds is 2. The highest BCUT2D eigenvalue weighted by Crippen LogP contribution is 2.40. The fourth-order valence-corrected chi connectivity index (χ4v) is 5.40. The minimum atomic E-state index is -3.96. The number of sulfonamides is 1. The molecular formula is C16H14N2O5S2. The molecule has 0 aliphatic carbocycles. The van der Waals surface area contributed by atoms with Crippen molar-refractivity contribution in [1.82, 2.24) is 4.31 Å². The molecule has 1 aromatic heterocycles. The third-order valence-corrected chi connectivity index (χ3v) is 6.93. The average Bonchev–Trinajstić information content (AvgIpc) is 2.83. The third kappa shape index (κ3) is 2.71. The molecule has 0 saturated carbocycles. The molecule has 3 rings (SSSR count). The highest BCUT2D eigenvalue weighted by Gasteiger charge is 2.40. The molecule has 0 fully saturated rings. The van der Waals surface area contributed by atoms with Crippen molar-refractivity contribution >= 4 is 38.7 Å². The topological polar surface area (TPSA) is 104 Å². The number of nitrogens with zero attached hydrogens (tertiary/aromatic N) is 1. The van der Waals surface area contributed by atoms with E-state index in [9.17, 15) is 23.1 Å². The fraction of sp³-hybridized carbons (Fsp3) is 0.125. The molecule has 1 amide bonds. The van der Waals surface area contributed by atoms with Crippen LogP contribution in [0.1, 0.15) is 10.4 Å². The van der Waals surface area contributed by atoms with E-state index in [1.165, 1.54) is 25.2 Å². The van der Waals surface area contributed by atoms with Crippen LogP contribution >= 0.6 is 11.3 Å². The lowest BCUT2D eigenvalue weighted by Gasteiger charge is -2.27. The zero-order valence-corrected chi connectivity index (χ0v) is 14.9. The summed E-state index contributed by atoms with van der Waals surface area (Å²) in [4.78, 5) is 24.6. The highest BCUT2D eigenvalue weighted by atomic mass is 32.2. The molecule has 1 aliphatic heterocycles. The summed E-state index contributed by atoms with van der Waals surface area (Å²) in [6, 6.07) is 7.37. The van der Waals surface area contributed by atoms with Crippen LogP contribution in [-0.2, 0) is 14.8 Å². The normalized spacial score (nSPS) is 15.7. The second kappa shape index (κ2) is 6.01. The van der Waals surface area contributed by atoms with Gasteiger partial charge < -0.3 is 10.4 Å². The minimum absolute atomic E-state index is 0.00956. The minimum Gasteiger partial charge on any atom is -0.504 e. The van der Waals surface area contributed by atoms with Crippen molar-refractivity contribution < 1.29 is 18.3 Å². The van der Waals surface area contributed by atoms with Crippen LogP contribution in [0.2, 0.25) is 0 Å². The fourth-order valence-electron chi connectivity index (χ4n) is 2.50. The zero-order valence-electron chi connectivity index (χ0n) is 13.3. The predicted molar refractivity (Wildman–Crippen MR) is 94.9 cm³/mol. The van der Waals surface area contributed by atoms with Crippen LogP contribution in [0.5, 0.6) is 0 Å². The Morgan fingerprint density at radius 3 is 2.64 bits per heavy atom. The van der Waals surface area contributed by atoms with E-state index >= 15 is 0 Å². The first-order valence-corrected chi connectivity index (χ1v) is 9.48. The highest BCUT2D eigenvalue weighted by molar-refractivity contribution is 7.89. The van der Waals surface area contributed by atoms with Crippen LogP contribution in [-0.4, -0.2) is 30.8 Å². The molecule has 0 radical (unpaired) electrons. The second-order valence-corrected chi connectivity index (χ2v) is 8.18. The Balaban J connectivity index is 2.12. The molecule has 2 aromatic rings. The van der Waals surface area contributed by atoms with Crippen LogP contribution in [0.4, 0.5) is 5.69 Å².